The fraction of sp³-hybridized carbons (Fsp3) is 0.396. The number of nitrogens with one attached hydrogen (secondary N) is 1. The fourth-order valence-corrected chi connectivity index (χ4v) is 9.02. The number of halogens is 1. The van der Waals surface area contributed by atoms with Crippen LogP contribution in [0.3, 0.4) is 0 Å². The number of carbonyl (C=O) groups excluding carboxylic acids is 3. The van der Waals surface area contributed by atoms with Gasteiger partial charge in [0.25, 0.3) is 5.91 Å². The Kier molecular flexibility index (Phi) is 11.5. The van der Waals surface area contributed by atoms with Gasteiger partial charge >= 0.3 is 0 Å². The molecule has 8 rings (SSSR count). The number of hydrogen-bond acceptors (Lipinski definition) is 6. The van der Waals surface area contributed by atoms with Crippen molar-refractivity contribution in [3.63, 3.8) is 0 Å². The second-order valence-corrected chi connectivity index (χ2v) is 16.7. The van der Waals surface area contributed by atoms with Crippen LogP contribution >= 0.6 is 11.6 Å². The summed E-state index contributed by atoms with van der Waals surface area (Å²) in [5, 5.41) is 16.9. The molecule has 4 aliphatic rings. The molecule has 0 spiro atoms. The maximum Gasteiger partial charge on any atom is 0.255 e. The topological polar surface area (TPSA) is 111 Å². The molecular weight excluding hydrogens is 744 g/mol. The average Bonchev–Trinajstić information content (AvgIpc) is 3.71. The van der Waals surface area contributed by atoms with Gasteiger partial charge < -0.3 is 9.80 Å². The van der Waals surface area contributed by atoms with Crippen molar-refractivity contribution in [1.29, 1.82) is 5.26 Å². The van der Waals surface area contributed by atoms with Crippen molar-refractivity contribution < 1.29 is 14.4 Å². The molecule has 2 saturated heterocycles. The van der Waals surface area contributed by atoms with Crippen molar-refractivity contribution in [3.05, 3.63) is 110 Å². The van der Waals surface area contributed by atoms with E-state index in [-0.39, 0.29) is 18.2 Å². The zero-order valence-corrected chi connectivity index (χ0v) is 33.9. The summed E-state index contributed by atoms with van der Waals surface area (Å²) in [4.78, 5) is 41.4. The third-order valence-electron chi connectivity index (χ3n) is 12.5. The molecule has 3 amide bonds. The molecule has 3 aromatic carbocycles. The van der Waals surface area contributed by atoms with E-state index in [1.807, 2.05) is 35.0 Å². The Morgan fingerprint density at radius 1 is 0.845 bits per heavy atom. The number of carbonyl (C=O) groups is 3. The first-order valence-electron chi connectivity index (χ1n) is 20.5. The lowest BCUT2D eigenvalue weighted by Crippen LogP contribution is -2.52. The summed E-state index contributed by atoms with van der Waals surface area (Å²) >= 11 is 6.31. The van der Waals surface area contributed by atoms with Crippen LogP contribution in [0.5, 0.6) is 0 Å². The van der Waals surface area contributed by atoms with Crippen LogP contribution in [0.15, 0.2) is 60.7 Å². The second kappa shape index (κ2) is 17.1. The van der Waals surface area contributed by atoms with Crippen LogP contribution < -0.4 is 5.32 Å². The molecule has 3 fully saturated rings. The molecule has 10 heteroatoms. The molecule has 1 unspecified atom stereocenters. The zero-order chi connectivity index (χ0) is 40.3. The molecule has 0 radical (unpaired) electrons. The standard InChI is InChI=1S/C48H47ClN6O3/c1-31-32(2)55(52-46(31)39-17-18-40(27-50)43(49)26-39)29-38-13-8-34(9-14-38)4-3-33-6-11-37(12-7-33)28-53-23-21-35(22-24-53)5-10-36-15-16-41-30-54(48(58)42(41)25-36)44-19-20-45(56)51-47(44)57/h8-9,13-18,25-26,33,35,37,44H,6-7,11-12,19-24,28-30H2,1-2H3,(H,51,56,57). The number of imide groups is 1. The summed E-state index contributed by atoms with van der Waals surface area (Å²) in [6.07, 6.45) is 7.45. The molecule has 9 nitrogen and oxygen atoms in total. The van der Waals surface area contributed by atoms with Gasteiger partial charge in [0.2, 0.25) is 11.8 Å². The predicted molar refractivity (Wildman–Crippen MR) is 223 cm³/mol. The Morgan fingerprint density at radius 3 is 2.26 bits per heavy atom. The Bertz CT molecular complexity index is 2420. The summed E-state index contributed by atoms with van der Waals surface area (Å²) in [5.74, 6) is 14.5. The molecule has 3 aliphatic heterocycles. The quantitative estimate of drug-likeness (QED) is 0.161. The summed E-state index contributed by atoms with van der Waals surface area (Å²) in [6.45, 7) is 8.46. The minimum absolute atomic E-state index is 0.162. The molecule has 1 atom stereocenters. The lowest BCUT2D eigenvalue weighted by atomic mass is 9.81. The minimum atomic E-state index is -0.605. The molecule has 1 N–H and O–H groups in total. The zero-order valence-electron chi connectivity index (χ0n) is 33.1. The van der Waals surface area contributed by atoms with Crippen LogP contribution in [-0.4, -0.2) is 63.0 Å². The Hall–Kier alpha value is -5.66. The van der Waals surface area contributed by atoms with Crippen LogP contribution in [-0.2, 0) is 22.7 Å². The van der Waals surface area contributed by atoms with Crippen LogP contribution in [0.4, 0.5) is 0 Å². The molecule has 1 saturated carbocycles. The highest BCUT2D eigenvalue weighted by Gasteiger charge is 2.39. The lowest BCUT2D eigenvalue weighted by Gasteiger charge is -2.35. The van der Waals surface area contributed by atoms with Gasteiger partial charge in [-0.2, -0.15) is 10.4 Å². The highest BCUT2D eigenvalue weighted by Crippen LogP contribution is 2.32. The third-order valence-corrected chi connectivity index (χ3v) is 12.8. The number of fused-ring (bicyclic) bond motifs is 1. The van der Waals surface area contributed by atoms with Gasteiger partial charge in [0.1, 0.15) is 12.1 Å². The SMILES string of the molecule is Cc1c(-c2ccc(C#N)c(Cl)c2)nn(Cc2ccc(C#CC3CCC(CN4CCC(C#Cc5ccc6c(c5)C(=O)N(C5CCC(=O)NC5=O)C6)CC4)CC3)cc2)c1C. The number of nitrogens with zero attached hydrogens (tertiary/aromatic N) is 5. The minimum Gasteiger partial charge on any atom is -0.322 e. The van der Waals surface area contributed by atoms with Crippen molar-refractivity contribution in [3.8, 4) is 41.0 Å². The van der Waals surface area contributed by atoms with E-state index in [1.54, 1.807) is 11.0 Å². The van der Waals surface area contributed by atoms with E-state index >= 15 is 0 Å². The highest BCUT2D eigenvalue weighted by atomic mass is 35.5. The first-order valence-corrected chi connectivity index (χ1v) is 20.9. The molecule has 4 aromatic rings. The Morgan fingerprint density at radius 2 is 1.55 bits per heavy atom. The summed E-state index contributed by atoms with van der Waals surface area (Å²) in [5.41, 5.74) is 8.98. The Labute approximate surface area is 345 Å². The smallest absolute Gasteiger partial charge is 0.255 e. The molecule has 58 heavy (non-hydrogen) atoms. The van der Waals surface area contributed by atoms with Gasteiger partial charge in [-0.05, 0) is 131 Å². The van der Waals surface area contributed by atoms with E-state index in [0.29, 0.717) is 53.4 Å². The molecule has 0 bridgehead atoms. The van der Waals surface area contributed by atoms with Gasteiger partial charge in [0.15, 0.2) is 0 Å². The first kappa shape index (κ1) is 39.2. The van der Waals surface area contributed by atoms with Gasteiger partial charge in [-0.3, -0.25) is 24.4 Å². The van der Waals surface area contributed by atoms with Crippen LogP contribution in [0.1, 0.15) is 101 Å². The maximum absolute atomic E-state index is 13.2. The number of piperidine rings is 2. The van der Waals surface area contributed by atoms with Crippen LogP contribution in [0.2, 0.25) is 5.02 Å². The number of nitriles is 1. The van der Waals surface area contributed by atoms with Gasteiger partial charge in [0.05, 0.1) is 22.8 Å². The molecular formula is C48H47ClN6O3. The largest absolute Gasteiger partial charge is 0.322 e. The van der Waals surface area contributed by atoms with E-state index in [9.17, 15) is 19.6 Å². The molecule has 294 valence electrons. The predicted octanol–water partition coefficient (Wildman–Crippen LogP) is 7.42. The van der Waals surface area contributed by atoms with Crippen molar-refractivity contribution in [2.45, 2.75) is 84.3 Å². The number of amides is 3. The first-order chi connectivity index (χ1) is 28.1. The van der Waals surface area contributed by atoms with E-state index < -0.39 is 11.9 Å². The maximum atomic E-state index is 13.2. The van der Waals surface area contributed by atoms with E-state index in [0.717, 1.165) is 90.1 Å². The fourth-order valence-electron chi connectivity index (χ4n) is 8.80. The monoisotopic (exact) mass is 790 g/mol. The van der Waals surface area contributed by atoms with Crippen molar-refractivity contribution >= 4 is 29.3 Å². The van der Waals surface area contributed by atoms with Crippen molar-refractivity contribution in [2.24, 2.45) is 17.8 Å². The Balaban J connectivity index is 0.770. The lowest BCUT2D eigenvalue weighted by molar-refractivity contribution is -0.136. The molecule has 1 aromatic heterocycles. The summed E-state index contributed by atoms with van der Waals surface area (Å²) in [6, 6.07) is 21.3. The molecule has 1 aliphatic carbocycles. The van der Waals surface area contributed by atoms with Gasteiger partial charge in [-0.25, -0.2) is 0 Å². The van der Waals surface area contributed by atoms with Gasteiger partial charge in [-0.1, -0.05) is 59.5 Å². The van der Waals surface area contributed by atoms with Crippen molar-refractivity contribution in [1.82, 2.24) is 24.9 Å². The van der Waals surface area contributed by atoms with Crippen LogP contribution in [0.25, 0.3) is 11.3 Å². The molecule has 4 heterocycles. The number of benzene rings is 3. The van der Waals surface area contributed by atoms with E-state index in [2.05, 4.69) is 78.1 Å². The van der Waals surface area contributed by atoms with Crippen LogP contribution in [0, 0.1) is 66.6 Å². The van der Waals surface area contributed by atoms with Crippen molar-refractivity contribution in [2.75, 3.05) is 19.6 Å². The second-order valence-electron chi connectivity index (χ2n) is 16.3. The van der Waals surface area contributed by atoms with E-state index in [1.165, 1.54) is 12.8 Å². The van der Waals surface area contributed by atoms with Gasteiger partial charge in [0, 0.05) is 59.3 Å². The average molecular weight is 791 g/mol. The number of aromatic nitrogens is 2. The normalized spacial score (nSPS) is 21.0. The van der Waals surface area contributed by atoms with Gasteiger partial charge in [-0.15, -0.1) is 0 Å². The number of hydrogen-bond donors (Lipinski definition) is 1. The highest BCUT2D eigenvalue weighted by molar-refractivity contribution is 6.32. The number of likely N-dealkylation sites (tertiary alicyclic amines) is 1. The third kappa shape index (κ3) is 8.60. The number of rotatable bonds is 6. The van der Waals surface area contributed by atoms with E-state index in [4.69, 9.17) is 16.7 Å². The summed E-state index contributed by atoms with van der Waals surface area (Å²) in [7, 11) is 0. The summed E-state index contributed by atoms with van der Waals surface area (Å²) < 4.78 is 2.02.